The molecule has 6 nitrogen and oxygen atoms in total. The number of carbonyl (C=O) groups is 1. The first-order valence-electron chi connectivity index (χ1n) is 5.62. The Bertz CT molecular complexity index is 355. The fourth-order valence-electron chi connectivity index (χ4n) is 2.04. The molecule has 1 fully saturated rings. The number of hydrogen-bond acceptors (Lipinski definition) is 4. The standard InChI is InChI=1S/C10H16N4O2/c15-10(16)9-8(11-13-12-9)7-14-5-3-1-2-4-6-14/h1-7H2,(H,15,16)(H,11,12,13). The summed E-state index contributed by atoms with van der Waals surface area (Å²) in [4.78, 5) is 13.1. The number of aromatic carboxylic acids is 1. The van der Waals surface area contributed by atoms with Crippen molar-refractivity contribution in [1.29, 1.82) is 0 Å². The van der Waals surface area contributed by atoms with Crippen LogP contribution >= 0.6 is 0 Å². The van der Waals surface area contributed by atoms with E-state index in [1.807, 2.05) is 0 Å². The van der Waals surface area contributed by atoms with Crippen LogP contribution in [0.25, 0.3) is 0 Å². The van der Waals surface area contributed by atoms with Gasteiger partial charge in [0, 0.05) is 6.54 Å². The number of hydrogen-bond donors (Lipinski definition) is 2. The average molecular weight is 224 g/mol. The highest BCUT2D eigenvalue weighted by atomic mass is 16.4. The van der Waals surface area contributed by atoms with Crippen LogP contribution in [0.1, 0.15) is 41.9 Å². The summed E-state index contributed by atoms with van der Waals surface area (Å²) in [6, 6.07) is 0. The van der Waals surface area contributed by atoms with Gasteiger partial charge in [-0.3, -0.25) is 4.90 Å². The van der Waals surface area contributed by atoms with E-state index in [4.69, 9.17) is 5.11 Å². The molecule has 6 heteroatoms. The molecule has 0 bridgehead atoms. The fraction of sp³-hybridized carbons (Fsp3) is 0.700. The first kappa shape index (κ1) is 11.1. The van der Waals surface area contributed by atoms with E-state index in [9.17, 15) is 4.79 Å². The predicted octanol–water partition coefficient (Wildman–Crippen LogP) is 0.879. The van der Waals surface area contributed by atoms with Gasteiger partial charge in [-0.1, -0.05) is 12.8 Å². The predicted molar refractivity (Wildman–Crippen MR) is 57.1 cm³/mol. The van der Waals surface area contributed by atoms with E-state index in [0.29, 0.717) is 12.2 Å². The van der Waals surface area contributed by atoms with Crippen LogP contribution in [0, 0.1) is 0 Å². The Morgan fingerprint density at radius 3 is 2.56 bits per heavy atom. The first-order chi connectivity index (χ1) is 7.77. The van der Waals surface area contributed by atoms with Crippen LogP contribution in [0.15, 0.2) is 0 Å². The number of carboxylic acids is 1. The summed E-state index contributed by atoms with van der Waals surface area (Å²) >= 11 is 0. The first-order valence-corrected chi connectivity index (χ1v) is 5.62. The molecule has 0 aromatic carbocycles. The number of nitrogens with zero attached hydrogens (tertiary/aromatic N) is 3. The Labute approximate surface area is 93.6 Å². The molecule has 88 valence electrons. The van der Waals surface area contributed by atoms with Gasteiger partial charge < -0.3 is 5.11 Å². The number of aromatic amines is 1. The summed E-state index contributed by atoms with van der Waals surface area (Å²) in [5, 5.41) is 18.8. The summed E-state index contributed by atoms with van der Waals surface area (Å²) in [7, 11) is 0. The molecule has 0 radical (unpaired) electrons. The van der Waals surface area contributed by atoms with Crippen molar-refractivity contribution in [1.82, 2.24) is 20.3 Å². The Kier molecular flexibility index (Phi) is 3.51. The third-order valence-electron chi connectivity index (χ3n) is 2.89. The Morgan fingerprint density at radius 1 is 1.25 bits per heavy atom. The number of H-pyrrole nitrogens is 1. The Balaban J connectivity index is 2.01. The fourth-order valence-corrected chi connectivity index (χ4v) is 2.04. The van der Waals surface area contributed by atoms with Gasteiger partial charge in [-0.15, -0.1) is 5.10 Å². The van der Waals surface area contributed by atoms with Crippen LogP contribution in [0.2, 0.25) is 0 Å². The topological polar surface area (TPSA) is 82.1 Å². The number of aromatic nitrogens is 3. The zero-order valence-corrected chi connectivity index (χ0v) is 9.15. The van der Waals surface area contributed by atoms with E-state index < -0.39 is 5.97 Å². The van der Waals surface area contributed by atoms with Gasteiger partial charge in [0.1, 0.15) is 5.69 Å². The molecule has 0 spiro atoms. The van der Waals surface area contributed by atoms with E-state index >= 15 is 0 Å². The highest BCUT2D eigenvalue weighted by Gasteiger charge is 2.18. The smallest absolute Gasteiger partial charge is 0.358 e. The van der Waals surface area contributed by atoms with E-state index in [0.717, 1.165) is 13.1 Å². The zero-order valence-electron chi connectivity index (χ0n) is 9.15. The number of rotatable bonds is 3. The maximum Gasteiger partial charge on any atom is 0.358 e. The molecule has 1 aromatic rings. The Morgan fingerprint density at radius 2 is 1.94 bits per heavy atom. The van der Waals surface area contributed by atoms with E-state index in [1.165, 1.54) is 25.7 Å². The van der Waals surface area contributed by atoms with Gasteiger partial charge in [0.15, 0.2) is 5.69 Å². The van der Waals surface area contributed by atoms with Crippen LogP contribution in [0.4, 0.5) is 0 Å². The summed E-state index contributed by atoms with van der Waals surface area (Å²) in [6.45, 7) is 2.62. The summed E-state index contributed by atoms with van der Waals surface area (Å²) < 4.78 is 0. The minimum atomic E-state index is -1.02. The van der Waals surface area contributed by atoms with Crippen LogP contribution < -0.4 is 0 Å². The van der Waals surface area contributed by atoms with E-state index in [2.05, 4.69) is 20.3 Å². The lowest BCUT2D eigenvalue weighted by Gasteiger charge is -2.17. The molecule has 1 saturated heterocycles. The molecule has 2 N–H and O–H groups in total. The molecular weight excluding hydrogens is 208 g/mol. The second-order valence-electron chi connectivity index (χ2n) is 4.11. The van der Waals surface area contributed by atoms with Gasteiger partial charge in [-0.05, 0) is 25.9 Å². The SMILES string of the molecule is O=C(O)c1n[nH]nc1CN1CCCCCC1. The molecular formula is C10H16N4O2. The maximum absolute atomic E-state index is 10.9. The zero-order chi connectivity index (χ0) is 11.4. The summed E-state index contributed by atoms with van der Waals surface area (Å²) in [5.41, 5.74) is 0.582. The maximum atomic E-state index is 10.9. The van der Waals surface area contributed by atoms with Crippen LogP contribution in [0.5, 0.6) is 0 Å². The van der Waals surface area contributed by atoms with Crippen LogP contribution in [-0.2, 0) is 6.54 Å². The molecule has 16 heavy (non-hydrogen) atoms. The summed E-state index contributed by atoms with van der Waals surface area (Å²) in [5.74, 6) is -1.02. The molecule has 2 rings (SSSR count). The third kappa shape index (κ3) is 2.57. The molecule has 1 aliphatic heterocycles. The van der Waals surface area contributed by atoms with Crippen molar-refractivity contribution in [3.63, 3.8) is 0 Å². The largest absolute Gasteiger partial charge is 0.476 e. The van der Waals surface area contributed by atoms with Crippen molar-refractivity contribution in [3.05, 3.63) is 11.4 Å². The molecule has 1 aromatic heterocycles. The molecule has 0 atom stereocenters. The lowest BCUT2D eigenvalue weighted by molar-refractivity contribution is 0.0688. The lowest BCUT2D eigenvalue weighted by atomic mass is 10.2. The monoisotopic (exact) mass is 224 g/mol. The van der Waals surface area contributed by atoms with Gasteiger partial charge in [0.05, 0.1) is 0 Å². The minimum absolute atomic E-state index is 0.0456. The molecule has 0 unspecified atom stereocenters. The minimum Gasteiger partial charge on any atom is -0.476 e. The second kappa shape index (κ2) is 5.07. The van der Waals surface area contributed by atoms with Gasteiger partial charge in [0.2, 0.25) is 0 Å². The molecule has 0 aliphatic carbocycles. The number of carboxylic acid groups (broad SMARTS) is 1. The van der Waals surface area contributed by atoms with Crippen molar-refractivity contribution in [2.75, 3.05) is 13.1 Å². The van der Waals surface area contributed by atoms with E-state index in [-0.39, 0.29) is 5.69 Å². The van der Waals surface area contributed by atoms with Crippen molar-refractivity contribution in [2.24, 2.45) is 0 Å². The Hall–Kier alpha value is -1.43. The van der Waals surface area contributed by atoms with E-state index in [1.54, 1.807) is 0 Å². The van der Waals surface area contributed by atoms with Crippen molar-refractivity contribution >= 4 is 5.97 Å². The summed E-state index contributed by atoms with van der Waals surface area (Å²) in [6.07, 6.45) is 4.89. The van der Waals surface area contributed by atoms with Crippen molar-refractivity contribution in [2.45, 2.75) is 32.2 Å². The number of likely N-dealkylation sites (tertiary alicyclic amines) is 1. The van der Waals surface area contributed by atoms with Gasteiger partial charge in [0.25, 0.3) is 0 Å². The number of nitrogens with one attached hydrogen (secondary N) is 1. The van der Waals surface area contributed by atoms with Gasteiger partial charge in [-0.2, -0.15) is 10.3 Å². The second-order valence-corrected chi connectivity index (χ2v) is 4.11. The highest BCUT2D eigenvalue weighted by molar-refractivity contribution is 5.86. The quantitative estimate of drug-likeness (QED) is 0.796. The average Bonchev–Trinajstić information content (AvgIpc) is 2.55. The molecule has 0 amide bonds. The lowest BCUT2D eigenvalue weighted by Crippen LogP contribution is -2.25. The van der Waals surface area contributed by atoms with Crippen molar-refractivity contribution in [3.8, 4) is 0 Å². The van der Waals surface area contributed by atoms with Crippen LogP contribution in [0.3, 0.4) is 0 Å². The molecule has 1 aliphatic rings. The van der Waals surface area contributed by atoms with Gasteiger partial charge in [-0.25, -0.2) is 4.79 Å². The third-order valence-corrected chi connectivity index (χ3v) is 2.89. The normalized spacial score (nSPS) is 18.2. The van der Waals surface area contributed by atoms with Crippen LogP contribution in [-0.4, -0.2) is 44.5 Å². The van der Waals surface area contributed by atoms with Crippen molar-refractivity contribution < 1.29 is 9.90 Å². The highest BCUT2D eigenvalue weighted by Crippen LogP contribution is 2.13. The molecule has 0 saturated carbocycles. The molecule has 2 heterocycles. The van der Waals surface area contributed by atoms with Gasteiger partial charge >= 0.3 is 5.97 Å².